The van der Waals surface area contributed by atoms with Gasteiger partial charge in [0.15, 0.2) is 0 Å². The van der Waals surface area contributed by atoms with Gasteiger partial charge in [0.1, 0.15) is 0 Å². The number of aliphatic hydroxyl groups is 1. The minimum absolute atomic E-state index is 0.397. The molecule has 2 nitrogen and oxygen atoms in total. The molecule has 1 aromatic rings. The molecule has 1 aromatic carbocycles. The fraction of sp³-hybridized carbons (Fsp3) is 0.500. The molecule has 0 heterocycles. The summed E-state index contributed by atoms with van der Waals surface area (Å²) in [6, 6.07) is 4.14. The van der Waals surface area contributed by atoms with E-state index in [2.05, 4.69) is 12.1 Å². The highest BCUT2D eigenvalue weighted by molar-refractivity contribution is 5.38. The molecule has 0 bridgehead atoms. The molecule has 0 aliphatic carbocycles. The number of hydrogen-bond acceptors (Lipinski definition) is 2. The van der Waals surface area contributed by atoms with E-state index in [1.807, 2.05) is 13.8 Å². The highest BCUT2D eigenvalue weighted by Gasteiger charge is 2.09. The van der Waals surface area contributed by atoms with Crippen LogP contribution in [0.15, 0.2) is 12.1 Å². The average Bonchev–Trinajstić information content (AvgIpc) is 2.01. The molecule has 2 heteroatoms. The summed E-state index contributed by atoms with van der Waals surface area (Å²) in [6.45, 7) is 6.47. The van der Waals surface area contributed by atoms with Gasteiger partial charge in [-0.15, -0.1) is 0 Å². The normalized spacial score (nSPS) is 12.9. The molecule has 1 rings (SSSR count). The number of rotatable bonds is 3. The molecule has 0 radical (unpaired) electrons. The molecule has 0 saturated carbocycles. The summed E-state index contributed by atoms with van der Waals surface area (Å²) in [7, 11) is 1.69. The highest BCUT2D eigenvalue weighted by atomic mass is 16.5. The van der Waals surface area contributed by atoms with Crippen LogP contribution in [0.3, 0.4) is 0 Å². The quantitative estimate of drug-likeness (QED) is 0.801. The number of aryl methyl sites for hydroxylation is 2. The Balaban J connectivity index is 3.11. The van der Waals surface area contributed by atoms with Gasteiger partial charge in [-0.25, -0.2) is 0 Å². The van der Waals surface area contributed by atoms with Gasteiger partial charge in [0, 0.05) is 7.11 Å². The van der Waals surface area contributed by atoms with Gasteiger partial charge in [-0.3, -0.25) is 0 Å². The Morgan fingerprint density at radius 3 is 2.14 bits per heavy atom. The van der Waals surface area contributed by atoms with Gasteiger partial charge in [0.05, 0.1) is 12.7 Å². The topological polar surface area (TPSA) is 29.5 Å². The third-order valence-electron chi connectivity index (χ3n) is 2.38. The molecule has 0 amide bonds. The van der Waals surface area contributed by atoms with Gasteiger partial charge >= 0.3 is 0 Å². The fourth-order valence-corrected chi connectivity index (χ4v) is 1.97. The number of ether oxygens (including phenoxy) is 1. The van der Waals surface area contributed by atoms with Crippen LogP contribution < -0.4 is 0 Å². The largest absolute Gasteiger partial charge is 0.389 e. The van der Waals surface area contributed by atoms with E-state index in [0.29, 0.717) is 6.61 Å². The van der Waals surface area contributed by atoms with E-state index in [1.54, 1.807) is 14.0 Å². The molecule has 1 N–H and O–H groups in total. The Morgan fingerprint density at radius 1 is 1.29 bits per heavy atom. The molecule has 0 aliphatic rings. The van der Waals surface area contributed by atoms with Gasteiger partial charge < -0.3 is 9.84 Å². The van der Waals surface area contributed by atoms with Crippen molar-refractivity contribution < 1.29 is 9.84 Å². The van der Waals surface area contributed by atoms with Crippen LogP contribution in [-0.2, 0) is 11.3 Å². The van der Waals surface area contributed by atoms with E-state index in [-0.39, 0.29) is 0 Å². The average molecular weight is 194 g/mol. The van der Waals surface area contributed by atoms with Gasteiger partial charge in [0.2, 0.25) is 0 Å². The lowest BCUT2D eigenvalue weighted by Gasteiger charge is -2.14. The number of aliphatic hydroxyl groups excluding tert-OH is 1. The third kappa shape index (κ3) is 2.34. The molecule has 78 valence electrons. The minimum atomic E-state index is -0.397. The van der Waals surface area contributed by atoms with E-state index in [4.69, 9.17) is 4.74 Å². The third-order valence-corrected chi connectivity index (χ3v) is 2.38. The Bertz CT molecular complexity index is 293. The van der Waals surface area contributed by atoms with Gasteiger partial charge in [-0.2, -0.15) is 0 Å². The van der Waals surface area contributed by atoms with E-state index >= 15 is 0 Å². The predicted molar refractivity (Wildman–Crippen MR) is 57.3 cm³/mol. The molecule has 14 heavy (non-hydrogen) atoms. The zero-order chi connectivity index (χ0) is 10.7. The van der Waals surface area contributed by atoms with Gasteiger partial charge in [-0.05, 0) is 43.0 Å². The van der Waals surface area contributed by atoms with Crippen LogP contribution in [0.2, 0.25) is 0 Å². The van der Waals surface area contributed by atoms with Gasteiger partial charge in [-0.1, -0.05) is 12.1 Å². The maximum absolute atomic E-state index is 9.57. The number of hydrogen-bond donors (Lipinski definition) is 1. The van der Waals surface area contributed by atoms with Crippen molar-refractivity contribution in [1.82, 2.24) is 0 Å². The maximum Gasteiger partial charge on any atom is 0.0767 e. The maximum atomic E-state index is 9.57. The first-order valence-corrected chi connectivity index (χ1v) is 4.83. The number of methoxy groups -OCH3 is 1. The lowest BCUT2D eigenvalue weighted by molar-refractivity contribution is 0.184. The number of benzene rings is 1. The van der Waals surface area contributed by atoms with Crippen molar-refractivity contribution in [2.45, 2.75) is 33.5 Å². The van der Waals surface area contributed by atoms with E-state index in [0.717, 1.165) is 22.3 Å². The van der Waals surface area contributed by atoms with E-state index < -0.39 is 6.10 Å². The van der Waals surface area contributed by atoms with Crippen molar-refractivity contribution >= 4 is 0 Å². The highest BCUT2D eigenvalue weighted by Crippen LogP contribution is 2.23. The van der Waals surface area contributed by atoms with Crippen LogP contribution in [0.4, 0.5) is 0 Å². The van der Waals surface area contributed by atoms with Crippen LogP contribution >= 0.6 is 0 Å². The molecular formula is C12H18O2. The first-order valence-electron chi connectivity index (χ1n) is 4.83. The van der Waals surface area contributed by atoms with E-state index in [9.17, 15) is 5.11 Å². The molecule has 0 aromatic heterocycles. The van der Waals surface area contributed by atoms with Crippen molar-refractivity contribution in [1.29, 1.82) is 0 Å². The summed E-state index contributed by atoms with van der Waals surface area (Å²) < 4.78 is 5.08. The van der Waals surface area contributed by atoms with Crippen LogP contribution in [0, 0.1) is 13.8 Å². The summed E-state index contributed by atoms with van der Waals surface area (Å²) >= 11 is 0. The van der Waals surface area contributed by atoms with Gasteiger partial charge in [0.25, 0.3) is 0 Å². The molecule has 0 saturated heterocycles. The molecular weight excluding hydrogens is 176 g/mol. The Labute approximate surface area is 85.5 Å². The first-order chi connectivity index (χ1) is 6.56. The zero-order valence-electron chi connectivity index (χ0n) is 9.29. The smallest absolute Gasteiger partial charge is 0.0767 e. The summed E-state index contributed by atoms with van der Waals surface area (Å²) in [4.78, 5) is 0. The van der Waals surface area contributed by atoms with Crippen molar-refractivity contribution in [3.63, 3.8) is 0 Å². The predicted octanol–water partition coefficient (Wildman–Crippen LogP) is 2.50. The Morgan fingerprint density at radius 2 is 1.79 bits per heavy atom. The zero-order valence-corrected chi connectivity index (χ0v) is 9.29. The first kappa shape index (κ1) is 11.2. The monoisotopic (exact) mass is 194 g/mol. The van der Waals surface area contributed by atoms with Crippen molar-refractivity contribution in [3.8, 4) is 0 Å². The summed E-state index contributed by atoms with van der Waals surface area (Å²) in [5.41, 5.74) is 4.45. The van der Waals surface area contributed by atoms with Crippen molar-refractivity contribution in [2.75, 3.05) is 7.11 Å². The van der Waals surface area contributed by atoms with Crippen molar-refractivity contribution in [3.05, 3.63) is 34.4 Å². The minimum Gasteiger partial charge on any atom is -0.389 e. The second-order valence-electron chi connectivity index (χ2n) is 3.75. The summed E-state index contributed by atoms with van der Waals surface area (Å²) in [5.74, 6) is 0. The standard InChI is InChI=1S/C12H18O2/c1-8-5-11(7-14-4)6-9(2)12(8)10(3)13/h5-6,10,13H,7H2,1-4H3. The molecule has 0 fully saturated rings. The Hall–Kier alpha value is -0.860. The van der Waals surface area contributed by atoms with Crippen LogP contribution in [0.25, 0.3) is 0 Å². The van der Waals surface area contributed by atoms with E-state index in [1.165, 1.54) is 0 Å². The van der Waals surface area contributed by atoms with Crippen molar-refractivity contribution in [2.24, 2.45) is 0 Å². The van der Waals surface area contributed by atoms with Crippen LogP contribution in [0.5, 0.6) is 0 Å². The Kier molecular flexibility index (Phi) is 3.67. The lowest BCUT2D eigenvalue weighted by Crippen LogP contribution is -2.01. The molecule has 1 unspecified atom stereocenters. The van der Waals surface area contributed by atoms with Crippen LogP contribution in [0.1, 0.15) is 35.3 Å². The van der Waals surface area contributed by atoms with Crippen LogP contribution in [-0.4, -0.2) is 12.2 Å². The fourth-order valence-electron chi connectivity index (χ4n) is 1.97. The summed E-state index contributed by atoms with van der Waals surface area (Å²) in [6.07, 6.45) is -0.397. The SMILES string of the molecule is COCc1cc(C)c(C(C)O)c(C)c1. The molecule has 1 atom stereocenters. The molecule has 0 spiro atoms. The second-order valence-corrected chi connectivity index (χ2v) is 3.75. The molecule has 0 aliphatic heterocycles. The summed E-state index contributed by atoms with van der Waals surface area (Å²) in [5, 5.41) is 9.57. The lowest BCUT2D eigenvalue weighted by atomic mass is 9.96. The second kappa shape index (κ2) is 4.58.